The number of halogens is 1. The van der Waals surface area contributed by atoms with E-state index in [1.807, 2.05) is 59.9 Å². The first-order valence-electron chi connectivity index (χ1n) is 7.93. The Kier molecular flexibility index (Phi) is 7.15. The molecule has 1 saturated heterocycles. The molecule has 24 heavy (non-hydrogen) atoms. The van der Waals surface area contributed by atoms with Gasteiger partial charge >= 0.3 is 0 Å². The molecule has 2 heterocycles. The van der Waals surface area contributed by atoms with E-state index in [9.17, 15) is 4.79 Å². The van der Waals surface area contributed by atoms with Crippen LogP contribution < -0.4 is 10.6 Å². The minimum absolute atomic E-state index is 0. The molecule has 2 atom stereocenters. The molecule has 2 aromatic rings. The Morgan fingerprint density at radius 2 is 2.25 bits per heavy atom. The minimum Gasteiger partial charge on any atom is -0.350 e. The van der Waals surface area contributed by atoms with E-state index in [0.29, 0.717) is 12.5 Å². The molecule has 1 aromatic carbocycles. The van der Waals surface area contributed by atoms with E-state index in [-0.39, 0.29) is 24.4 Å². The quantitative estimate of drug-likeness (QED) is 0.853. The van der Waals surface area contributed by atoms with Crippen molar-refractivity contribution in [2.45, 2.75) is 25.4 Å². The van der Waals surface area contributed by atoms with Crippen molar-refractivity contribution in [2.24, 2.45) is 0 Å². The number of carbonyl (C=O) groups excluding carboxylic acids is 1. The van der Waals surface area contributed by atoms with Crippen molar-refractivity contribution >= 4 is 30.1 Å². The van der Waals surface area contributed by atoms with Gasteiger partial charge in [0.25, 0.3) is 0 Å². The fourth-order valence-corrected chi connectivity index (χ4v) is 3.64. The fraction of sp³-hybridized carbons (Fsp3) is 0.412. The van der Waals surface area contributed by atoms with Gasteiger partial charge in [0.15, 0.2) is 0 Å². The highest BCUT2D eigenvalue weighted by Crippen LogP contribution is 2.16. The third kappa shape index (κ3) is 5.00. The maximum atomic E-state index is 12.2. The number of amides is 1. The number of benzene rings is 1. The Bertz CT molecular complexity index is 627. The number of thioether (sulfide) groups is 1. The summed E-state index contributed by atoms with van der Waals surface area (Å²) in [5.41, 5.74) is 2.11. The first kappa shape index (κ1) is 18.8. The molecule has 0 saturated carbocycles. The van der Waals surface area contributed by atoms with Crippen LogP contribution in [0, 0.1) is 0 Å². The Morgan fingerprint density at radius 3 is 2.88 bits per heavy atom. The zero-order valence-corrected chi connectivity index (χ0v) is 15.3. The fourth-order valence-electron chi connectivity index (χ4n) is 2.70. The van der Waals surface area contributed by atoms with E-state index in [4.69, 9.17) is 0 Å². The van der Waals surface area contributed by atoms with Gasteiger partial charge in [-0.1, -0.05) is 12.1 Å². The van der Waals surface area contributed by atoms with Gasteiger partial charge in [-0.15, -0.1) is 12.4 Å². The van der Waals surface area contributed by atoms with Crippen LogP contribution >= 0.6 is 24.2 Å². The van der Waals surface area contributed by atoms with Crippen LogP contribution in [0.3, 0.4) is 0 Å². The van der Waals surface area contributed by atoms with Crippen molar-refractivity contribution in [1.82, 2.24) is 20.4 Å². The average Bonchev–Trinajstić information content (AvgIpc) is 3.10. The van der Waals surface area contributed by atoms with Crippen LogP contribution in [0.1, 0.15) is 24.9 Å². The minimum atomic E-state index is 0. The molecule has 3 rings (SSSR count). The standard InChI is InChI=1S/C17H22N4OS.ClH/c1-13(20-17(22)11-15-12-23-10-8-18-15)14-3-5-16(6-4-14)21-9-2-7-19-21;/h2-7,9,13,15,18H,8,10-12H2,1H3,(H,20,22);1H. The summed E-state index contributed by atoms with van der Waals surface area (Å²) in [6.07, 6.45) is 4.21. The van der Waals surface area contributed by atoms with Gasteiger partial charge in [-0.25, -0.2) is 4.68 Å². The van der Waals surface area contributed by atoms with Gasteiger partial charge in [0.2, 0.25) is 5.91 Å². The lowest BCUT2D eigenvalue weighted by molar-refractivity contribution is -0.122. The summed E-state index contributed by atoms with van der Waals surface area (Å²) < 4.78 is 1.82. The lowest BCUT2D eigenvalue weighted by Crippen LogP contribution is -2.41. The Morgan fingerprint density at radius 1 is 1.46 bits per heavy atom. The number of aromatic nitrogens is 2. The van der Waals surface area contributed by atoms with Gasteiger partial charge in [0.1, 0.15) is 0 Å². The monoisotopic (exact) mass is 366 g/mol. The molecule has 1 aliphatic rings. The lowest BCUT2D eigenvalue weighted by atomic mass is 10.1. The Hall–Kier alpha value is -1.50. The van der Waals surface area contributed by atoms with Crippen molar-refractivity contribution in [3.8, 4) is 5.69 Å². The normalized spacial score (nSPS) is 18.5. The molecule has 1 fully saturated rings. The van der Waals surface area contributed by atoms with Gasteiger partial charge in [0, 0.05) is 42.9 Å². The van der Waals surface area contributed by atoms with Crippen LogP contribution in [0.5, 0.6) is 0 Å². The van der Waals surface area contributed by atoms with E-state index < -0.39 is 0 Å². The van der Waals surface area contributed by atoms with Gasteiger partial charge in [-0.05, 0) is 30.7 Å². The largest absolute Gasteiger partial charge is 0.350 e. The maximum absolute atomic E-state index is 12.2. The first-order valence-corrected chi connectivity index (χ1v) is 9.08. The maximum Gasteiger partial charge on any atom is 0.222 e. The molecule has 0 bridgehead atoms. The van der Waals surface area contributed by atoms with E-state index in [1.54, 1.807) is 6.20 Å². The number of hydrogen-bond donors (Lipinski definition) is 2. The summed E-state index contributed by atoms with van der Waals surface area (Å²) in [5.74, 6) is 2.26. The van der Waals surface area contributed by atoms with Crippen LogP contribution in [-0.2, 0) is 4.79 Å². The molecule has 1 aromatic heterocycles. The molecule has 130 valence electrons. The first-order chi connectivity index (χ1) is 11.2. The molecule has 2 unspecified atom stereocenters. The summed E-state index contributed by atoms with van der Waals surface area (Å²) in [6, 6.07) is 10.3. The van der Waals surface area contributed by atoms with E-state index in [1.165, 1.54) is 0 Å². The molecule has 0 aliphatic carbocycles. The molecule has 7 heteroatoms. The van der Waals surface area contributed by atoms with Crippen molar-refractivity contribution < 1.29 is 4.79 Å². The number of nitrogens with zero attached hydrogens (tertiary/aromatic N) is 2. The van der Waals surface area contributed by atoms with Gasteiger partial charge in [0.05, 0.1) is 11.7 Å². The second-order valence-corrected chi connectivity index (χ2v) is 6.91. The molecule has 0 spiro atoms. The SMILES string of the molecule is CC(NC(=O)CC1CSCCN1)c1ccc(-n2cccn2)cc1.Cl. The Balaban J connectivity index is 0.00000208. The molecule has 1 amide bonds. The predicted molar refractivity (Wildman–Crippen MR) is 101 cm³/mol. The van der Waals surface area contributed by atoms with Crippen LogP contribution in [0.4, 0.5) is 0 Å². The van der Waals surface area contributed by atoms with Crippen molar-refractivity contribution in [3.63, 3.8) is 0 Å². The van der Waals surface area contributed by atoms with Crippen LogP contribution in [0.15, 0.2) is 42.7 Å². The van der Waals surface area contributed by atoms with Crippen LogP contribution in [-0.4, -0.2) is 39.8 Å². The number of nitrogens with one attached hydrogen (secondary N) is 2. The smallest absolute Gasteiger partial charge is 0.222 e. The van der Waals surface area contributed by atoms with Gasteiger partial charge in [-0.2, -0.15) is 16.9 Å². The predicted octanol–water partition coefficient (Wildman–Crippen LogP) is 2.57. The highest BCUT2D eigenvalue weighted by molar-refractivity contribution is 7.99. The third-order valence-electron chi connectivity index (χ3n) is 3.97. The van der Waals surface area contributed by atoms with E-state index >= 15 is 0 Å². The third-order valence-corrected chi connectivity index (χ3v) is 5.10. The molecule has 0 radical (unpaired) electrons. The highest BCUT2D eigenvalue weighted by atomic mass is 35.5. The molecule has 2 N–H and O–H groups in total. The lowest BCUT2D eigenvalue weighted by Gasteiger charge is -2.23. The molecule has 5 nitrogen and oxygen atoms in total. The van der Waals surface area contributed by atoms with Crippen LogP contribution in [0.2, 0.25) is 0 Å². The van der Waals surface area contributed by atoms with E-state index in [0.717, 1.165) is 29.3 Å². The average molecular weight is 367 g/mol. The van der Waals surface area contributed by atoms with Crippen LogP contribution in [0.25, 0.3) is 5.69 Å². The molecular weight excluding hydrogens is 344 g/mol. The second-order valence-electron chi connectivity index (χ2n) is 5.76. The summed E-state index contributed by atoms with van der Waals surface area (Å²) in [6.45, 7) is 3.01. The van der Waals surface area contributed by atoms with Crippen molar-refractivity contribution in [3.05, 3.63) is 48.3 Å². The zero-order chi connectivity index (χ0) is 16.1. The summed E-state index contributed by atoms with van der Waals surface area (Å²) in [5, 5.41) is 10.7. The topological polar surface area (TPSA) is 59.0 Å². The zero-order valence-electron chi connectivity index (χ0n) is 13.6. The molecule has 1 aliphatic heterocycles. The number of carbonyl (C=O) groups is 1. The van der Waals surface area contributed by atoms with Gasteiger partial charge in [-0.3, -0.25) is 4.79 Å². The summed E-state index contributed by atoms with van der Waals surface area (Å²) in [4.78, 5) is 12.2. The van der Waals surface area contributed by atoms with E-state index in [2.05, 4.69) is 15.7 Å². The summed E-state index contributed by atoms with van der Waals surface area (Å²) >= 11 is 1.91. The van der Waals surface area contributed by atoms with Gasteiger partial charge < -0.3 is 10.6 Å². The molecular formula is C17H23ClN4OS. The van der Waals surface area contributed by atoms with Crippen molar-refractivity contribution in [1.29, 1.82) is 0 Å². The number of hydrogen-bond acceptors (Lipinski definition) is 4. The number of rotatable bonds is 5. The highest BCUT2D eigenvalue weighted by Gasteiger charge is 2.18. The second kappa shape index (κ2) is 9.11. The van der Waals surface area contributed by atoms with Crippen molar-refractivity contribution in [2.75, 3.05) is 18.1 Å². The summed E-state index contributed by atoms with van der Waals surface area (Å²) in [7, 11) is 0. The Labute approximate surface area is 153 Å².